The van der Waals surface area contributed by atoms with Gasteiger partial charge in [-0.15, -0.1) is 0 Å². The highest BCUT2D eigenvalue weighted by Gasteiger charge is 2.14. The van der Waals surface area contributed by atoms with E-state index >= 15 is 0 Å². The van der Waals surface area contributed by atoms with Gasteiger partial charge >= 0.3 is 11.9 Å². The summed E-state index contributed by atoms with van der Waals surface area (Å²) in [6.07, 6.45) is -0.311. The number of esters is 2. The Balaban J connectivity index is 1.86. The molecule has 0 amide bonds. The Kier molecular flexibility index (Phi) is 6.28. The van der Waals surface area contributed by atoms with Gasteiger partial charge in [-0.2, -0.15) is 0 Å². The molecule has 2 aromatic carbocycles. The highest BCUT2D eigenvalue weighted by molar-refractivity contribution is 6.43. The first-order valence-corrected chi connectivity index (χ1v) is 7.70. The number of halogens is 3. The monoisotopic (exact) mass is 372 g/mol. The third-order valence-electron chi connectivity index (χ3n) is 2.73. The first kappa shape index (κ1) is 17.6. The summed E-state index contributed by atoms with van der Waals surface area (Å²) in [6, 6.07) is 11.2. The summed E-state index contributed by atoms with van der Waals surface area (Å²) in [5, 5.41) is 0.727. The van der Waals surface area contributed by atoms with Crippen LogP contribution in [0.4, 0.5) is 0 Å². The number of carbonyl (C=O) groups excluding carboxylic acids is 2. The van der Waals surface area contributed by atoms with Crippen LogP contribution >= 0.6 is 34.8 Å². The quantitative estimate of drug-likeness (QED) is 0.550. The van der Waals surface area contributed by atoms with Gasteiger partial charge in [-0.1, -0.05) is 53.0 Å². The Morgan fingerprint density at radius 1 is 0.739 bits per heavy atom. The van der Waals surface area contributed by atoms with E-state index in [0.29, 0.717) is 5.02 Å². The molecule has 0 atom stereocenters. The minimum absolute atomic E-state index is 0.140. The number of rotatable bonds is 5. The minimum atomic E-state index is -0.620. The van der Waals surface area contributed by atoms with Crippen molar-refractivity contribution in [2.24, 2.45) is 0 Å². The van der Waals surface area contributed by atoms with Crippen molar-refractivity contribution in [3.63, 3.8) is 0 Å². The molecule has 2 aromatic rings. The maximum atomic E-state index is 11.7. The van der Waals surface area contributed by atoms with E-state index in [2.05, 4.69) is 0 Å². The summed E-state index contributed by atoms with van der Waals surface area (Å²) >= 11 is 17.6. The molecular formula is C16H11Cl3O4. The molecule has 0 radical (unpaired) electrons. The lowest BCUT2D eigenvalue weighted by molar-refractivity contribution is -0.140. The number of benzene rings is 2. The summed E-state index contributed by atoms with van der Waals surface area (Å²) in [7, 11) is 0. The van der Waals surface area contributed by atoms with Crippen LogP contribution in [0.5, 0.6) is 11.5 Å². The van der Waals surface area contributed by atoms with Gasteiger partial charge in [0.05, 0.1) is 22.9 Å². The number of hydrogen-bond acceptors (Lipinski definition) is 4. The molecule has 0 bridgehead atoms. The predicted molar refractivity (Wildman–Crippen MR) is 88.4 cm³/mol. The average molecular weight is 374 g/mol. The molecule has 0 N–H and O–H groups in total. The first-order valence-electron chi connectivity index (χ1n) is 6.57. The summed E-state index contributed by atoms with van der Waals surface area (Å²) in [4.78, 5) is 23.4. The number of carbonyl (C=O) groups is 2. The molecule has 0 aliphatic rings. The van der Waals surface area contributed by atoms with E-state index in [1.165, 1.54) is 6.07 Å². The van der Waals surface area contributed by atoms with Crippen LogP contribution in [0, 0.1) is 0 Å². The lowest BCUT2D eigenvalue weighted by atomic mass is 10.3. The highest BCUT2D eigenvalue weighted by Crippen LogP contribution is 2.31. The Morgan fingerprint density at radius 2 is 1.26 bits per heavy atom. The molecule has 0 heterocycles. The van der Waals surface area contributed by atoms with Crippen LogP contribution in [-0.2, 0) is 9.59 Å². The van der Waals surface area contributed by atoms with Crippen molar-refractivity contribution in [2.45, 2.75) is 12.8 Å². The SMILES string of the molecule is O=C(CCC(=O)Oc1cccc(Cl)c1Cl)Oc1ccccc1Cl. The third kappa shape index (κ3) is 5.13. The predicted octanol–water partition coefficient (Wildman–Crippen LogP) is 4.94. The lowest BCUT2D eigenvalue weighted by Crippen LogP contribution is -2.14. The minimum Gasteiger partial charge on any atom is -0.425 e. The molecule has 0 saturated heterocycles. The summed E-state index contributed by atoms with van der Waals surface area (Å²) < 4.78 is 10.1. The summed E-state index contributed by atoms with van der Waals surface area (Å²) in [5.74, 6) is -0.827. The lowest BCUT2D eigenvalue weighted by Gasteiger charge is -2.08. The van der Waals surface area contributed by atoms with Gasteiger partial charge < -0.3 is 9.47 Å². The van der Waals surface area contributed by atoms with Gasteiger partial charge in [0.15, 0.2) is 5.75 Å². The maximum absolute atomic E-state index is 11.7. The first-order chi connectivity index (χ1) is 11.0. The van der Waals surface area contributed by atoms with Crippen molar-refractivity contribution in [1.82, 2.24) is 0 Å². The van der Waals surface area contributed by atoms with Gasteiger partial charge in [0, 0.05) is 0 Å². The zero-order valence-corrected chi connectivity index (χ0v) is 14.0. The highest BCUT2D eigenvalue weighted by atomic mass is 35.5. The molecule has 7 heteroatoms. The molecule has 120 valence electrons. The maximum Gasteiger partial charge on any atom is 0.311 e. The van der Waals surface area contributed by atoms with Gasteiger partial charge in [0.2, 0.25) is 0 Å². The van der Waals surface area contributed by atoms with Crippen LogP contribution in [0.15, 0.2) is 42.5 Å². The van der Waals surface area contributed by atoms with Crippen molar-refractivity contribution in [3.05, 3.63) is 57.5 Å². The fourth-order valence-electron chi connectivity index (χ4n) is 1.64. The van der Waals surface area contributed by atoms with E-state index in [1.54, 1.807) is 36.4 Å². The van der Waals surface area contributed by atoms with Crippen LogP contribution in [0.1, 0.15) is 12.8 Å². The normalized spacial score (nSPS) is 10.2. The molecule has 0 fully saturated rings. The van der Waals surface area contributed by atoms with Gasteiger partial charge in [0.25, 0.3) is 0 Å². The van der Waals surface area contributed by atoms with E-state index in [0.717, 1.165) is 0 Å². The molecule has 0 aliphatic carbocycles. The van der Waals surface area contributed by atoms with Gasteiger partial charge in [-0.3, -0.25) is 9.59 Å². The fourth-order valence-corrected chi connectivity index (χ4v) is 2.15. The second kappa shape index (κ2) is 8.20. The van der Waals surface area contributed by atoms with Crippen LogP contribution in [0.3, 0.4) is 0 Å². The van der Waals surface area contributed by atoms with Crippen LogP contribution in [0.2, 0.25) is 15.1 Å². The third-order valence-corrected chi connectivity index (χ3v) is 3.85. The molecule has 0 aromatic heterocycles. The van der Waals surface area contributed by atoms with Gasteiger partial charge in [-0.05, 0) is 24.3 Å². The van der Waals surface area contributed by atoms with Crippen LogP contribution in [-0.4, -0.2) is 11.9 Å². The summed E-state index contributed by atoms with van der Waals surface area (Å²) in [6.45, 7) is 0. The molecule has 0 aliphatic heterocycles. The fraction of sp³-hybridized carbons (Fsp3) is 0.125. The molecule has 0 saturated carbocycles. The van der Waals surface area contributed by atoms with Gasteiger partial charge in [0.1, 0.15) is 10.8 Å². The topological polar surface area (TPSA) is 52.6 Å². The molecule has 23 heavy (non-hydrogen) atoms. The number of ether oxygens (including phenoxy) is 2. The van der Waals surface area contributed by atoms with E-state index in [1.807, 2.05) is 0 Å². The Labute approximate surface area is 147 Å². The van der Waals surface area contributed by atoms with Crippen molar-refractivity contribution in [3.8, 4) is 11.5 Å². The van der Waals surface area contributed by atoms with Crippen molar-refractivity contribution < 1.29 is 19.1 Å². The molecule has 0 spiro atoms. The average Bonchev–Trinajstić information content (AvgIpc) is 2.52. The van der Waals surface area contributed by atoms with E-state index < -0.39 is 11.9 Å². The summed E-state index contributed by atoms with van der Waals surface area (Å²) in [5.41, 5.74) is 0. The molecule has 0 unspecified atom stereocenters. The molecular weight excluding hydrogens is 363 g/mol. The van der Waals surface area contributed by atoms with E-state index in [9.17, 15) is 9.59 Å². The van der Waals surface area contributed by atoms with Gasteiger partial charge in [-0.25, -0.2) is 0 Å². The van der Waals surface area contributed by atoms with Crippen molar-refractivity contribution in [1.29, 1.82) is 0 Å². The van der Waals surface area contributed by atoms with E-state index in [4.69, 9.17) is 44.3 Å². The van der Waals surface area contributed by atoms with E-state index in [-0.39, 0.29) is 34.4 Å². The largest absolute Gasteiger partial charge is 0.425 e. The standard InChI is InChI=1S/C16H11Cl3O4/c17-10-4-1-2-6-12(10)22-14(20)8-9-15(21)23-13-7-3-5-11(18)16(13)19/h1-7H,8-9H2. The smallest absolute Gasteiger partial charge is 0.311 e. The molecule has 2 rings (SSSR count). The zero-order chi connectivity index (χ0) is 16.8. The Hall–Kier alpha value is -1.75. The number of hydrogen-bond donors (Lipinski definition) is 0. The van der Waals surface area contributed by atoms with Crippen molar-refractivity contribution >= 4 is 46.7 Å². The second-order valence-electron chi connectivity index (χ2n) is 4.43. The van der Waals surface area contributed by atoms with Crippen molar-refractivity contribution in [2.75, 3.05) is 0 Å². The Bertz CT molecular complexity index is 731. The number of para-hydroxylation sites is 1. The second-order valence-corrected chi connectivity index (χ2v) is 5.62. The molecule has 4 nitrogen and oxygen atoms in total. The zero-order valence-electron chi connectivity index (χ0n) is 11.7. The van der Waals surface area contributed by atoms with Crippen LogP contribution in [0.25, 0.3) is 0 Å². The Morgan fingerprint density at radius 3 is 1.91 bits per heavy atom. The van der Waals surface area contributed by atoms with Crippen LogP contribution < -0.4 is 9.47 Å².